The topological polar surface area (TPSA) is 61.8 Å². The van der Waals surface area contributed by atoms with Crippen molar-refractivity contribution in [2.45, 2.75) is 26.1 Å². The van der Waals surface area contributed by atoms with E-state index < -0.39 is 18.0 Å². The van der Waals surface area contributed by atoms with Gasteiger partial charge >= 0.3 is 11.9 Å². The molecule has 0 amide bonds. The Morgan fingerprint density at radius 2 is 1.38 bits per heavy atom. The van der Waals surface area contributed by atoms with Crippen LogP contribution in [0, 0.1) is 0 Å². The first-order chi connectivity index (χ1) is 6.02. The van der Waals surface area contributed by atoms with Gasteiger partial charge in [-0.15, -0.1) is 0 Å². The Morgan fingerprint density at radius 3 is 1.62 bits per heavy atom. The highest BCUT2D eigenvalue weighted by atomic mass is 16.6. The maximum absolute atomic E-state index is 11.0. The number of hydrogen-bond acceptors (Lipinski definition) is 5. The first kappa shape index (κ1) is 11.9. The third kappa shape index (κ3) is 3.89. The lowest BCUT2D eigenvalue weighted by Gasteiger charge is -2.15. The summed E-state index contributed by atoms with van der Waals surface area (Å²) in [6, 6.07) is 0. The average Bonchev–Trinajstić information content (AvgIpc) is 2.11. The van der Waals surface area contributed by atoms with Crippen LogP contribution < -0.4 is 0 Å². The second-order valence-electron chi connectivity index (χ2n) is 2.61. The van der Waals surface area contributed by atoms with Crippen LogP contribution in [-0.4, -0.2) is 38.4 Å². The number of ether oxygens (including phenoxy) is 3. The summed E-state index contributed by atoms with van der Waals surface area (Å²) in [5.41, 5.74) is 0. The molecule has 0 heterocycles. The molecule has 0 aromatic rings. The zero-order chi connectivity index (χ0) is 10.4. The summed E-state index contributed by atoms with van der Waals surface area (Å²) in [7, 11) is 2.37. The van der Waals surface area contributed by atoms with Crippen molar-refractivity contribution in [1.29, 1.82) is 0 Å². The van der Waals surface area contributed by atoms with Crippen molar-refractivity contribution in [3.8, 4) is 0 Å². The highest BCUT2D eigenvalue weighted by Gasteiger charge is 2.30. The minimum Gasteiger partial charge on any atom is -0.467 e. The lowest BCUT2D eigenvalue weighted by molar-refractivity contribution is -0.173. The molecule has 0 aliphatic rings. The predicted octanol–water partition coefficient (Wildman–Crippen LogP) is 0.126. The molecule has 0 aliphatic carbocycles. The van der Waals surface area contributed by atoms with Crippen molar-refractivity contribution in [1.82, 2.24) is 0 Å². The lowest BCUT2D eigenvalue weighted by Crippen LogP contribution is -2.36. The smallest absolute Gasteiger partial charge is 0.346 e. The van der Waals surface area contributed by atoms with E-state index in [2.05, 4.69) is 9.47 Å². The van der Waals surface area contributed by atoms with Crippen LogP contribution in [0.2, 0.25) is 0 Å². The van der Waals surface area contributed by atoms with Crippen molar-refractivity contribution in [3.05, 3.63) is 0 Å². The fraction of sp³-hybridized carbons (Fsp3) is 0.750. The molecule has 0 bridgehead atoms. The number of rotatable bonds is 4. The van der Waals surface area contributed by atoms with Crippen molar-refractivity contribution in [2.24, 2.45) is 0 Å². The second-order valence-corrected chi connectivity index (χ2v) is 2.61. The molecule has 0 radical (unpaired) electrons. The number of carbonyl (C=O) groups is 2. The van der Waals surface area contributed by atoms with E-state index in [-0.39, 0.29) is 6.10 Å². The highest BCUT2D eigenvalue weighted by Crippen LogP contribution is 2.02. The molecule has 0 aliphatic heterocycles. The normalized spacial score (nSPS) is 10.3. The monoisotopic (exact) mass is 190 g/mol. The van der Waals surface area contributed by atoms with E-state index in [0.717, 1.165) is 0 Å². The molecule has 5 nitrogen and oxygen atoms in total. The molecular formula is C8H14O5. The van der Waals surface area contributed by atoms with Crippen LogP contribution in [0.1, 0.15) is 13.8 Å². The first-order valence-corrected chi connectivity index (χ1v) is 3.84. The van der Waals surface area contributed by atoms with Gasteiger partial charge in [0.15, 0.2) is 0 Å². The molecule has 0 fully saturated rings. The second kappa shape index (κ2) is 5.53. The summed E-state index contributed by atoms with van der Waals surface area (Å²) in [4.78, 5) is 22.0. The lowest BCUT2D eigenvalue weighted by atomic mass is 10.3. The van der Waals surface area contributed by atoms with Crippen LogP contribution in [0.5, 0.6) is 0 Å². The maximum Gasteiger partial charge on any atom is 0.346 e. The molecular weight excluding hydrogens is 176 g/mol. The van der Waals surface area contributed by atoms with Gasteiger partial charge in [0, 0.05) is 0 Å². The number of carbonyl (C=O) groups excluding carboxylic acids is 2. The van der Waals surface area contributed by atoms with E-state index in [1.807, 2.05) is 0 Å². The number of hydrogen-bond donors (Lipinski definition) is 0. The maximum atomic E-state index is 11.0. The minimum absolute atomic E-state index is 0.247. The van der Waals surface area contributed by atoms with Crippen LogP contribution in [0.3, 0.4) is 0 Å². The van der Waals surface area contributed by atoms with Gasteiger partial charge < -0.3 is 14.2 Å². The molecule has 5 heteroatoms. The third-order valence-electron chi connectivity index (χ3n) is 1.24. The Balaban J connectivity index is 4.36. The summed E-state index contributed by atoms with van der Waals surface area (Å²) < 4.78 is 13.7. The summed E-state index contributed by atoms with van der Waals surface area (Å²) in [6.45, 7) is 3.41. The van der Waals surface area contributed by atoms with Gasteiger partial charge in [-0.05, 0) is 13.8 Å². The van der Waals surface area contributed by atoms with Crippen LogP contribution in [0.4, 0.5) is 0 Å². The third-order valence-corrected chi connectivity index (χ3v) is 1.24. The molecule has 76 valence electrons. The Labute approximate surface area is 77.0 Å². The standard InChI is InChI=1S/C8H14O5/c1-5(2)13-6(7(9)11-3)8(10)12-4/h5-6H,1-4H3. The Hall–Kier alpha value is -1.10. The summed E-state index contributed by atoms with van der Waals surface area (Å²) in [6.07, 6.45) is -1.53. The molecule has 0 atom stereocenters. The zero-order valence-corrected chi connectivity index (χ0v) is 8.20. The summed E-state index contributed by atoms with van der Waals surface area (Å²) in [5, 5.41) is 0. The van der Waals surface area contributed by atoms with Crippen LogP contribution in [0.15, 0.2) is 0 Å². The number of esters is 2. The largest absolute Gasteiger partial charge is 0.467 e. The van der Waals surface area contributed by atoms with Gasteiger partial charge in [-0.25, -0.2) is 9.59 Å². The van der Waals surface area contributed by atoms with Gasteiger partial charge in [0.2, 0.25) is 0 Å². The fourth-order valence-corrected chi connectivity index (χ4v) is 0.694. The van der Waals surface area contributed by atoms with Gasteiger partial charge in [0.25, 0.3) is 6.10 Å². The SMILES string of the molecule is COC(=O)C(OC(C)C)C(=O)OC. The molecule has 0 aromatic carbocycles. The molecule has 13 heavy (non-hydrogen) atoms. The van der Waals surface area contributed by atoms with E-state index in [0.29, 0.717) is 0 Å². The van der Waals surface area contributed by atoms with E-state index in [9.17, 15) is 9.59 Å². The van der Waals surface area contributed by atoms with Crippen LogP contribution >= 0.6 is 0 Å². The van der Waals surface area contributed by atoms with Gasteiger partial charge in [-0.1, -0.05) is 0 Å². The Morgan fingerprint density at radius 1 is 1.00 bits per heavy atom. The van der Waals surface area contributed by atoms with Crippen molar-refractivity contribution in [3.63, 3.8) is 0 Å². The Kier molecular flexibility index (Phi) is 5.06. The molecule has 0 aromatic heterocycles. The first-order valence-electron chi connectivity index (χ1n) is 3.84. The average molecular weight is 190 g/mol. The van der Waals surface area contributed by atoms with Gasteiger partial charge in [-0.3, -0.25) is 0 Å². The van der Waals surface area contributed by atoms with Gasteiger partial charge in [0.05, 0.1) is 20.3 Å². The van der Waals surface area contributed by atoms with E-state index in [1.165, 1.54) is 14.2 Å². The Bertz CT molecular complexity index is 171. The molecule has 0 spiro atoms. The van der Waals surface area contributed by atoms with Crippen molar-refractivity contribution in [2.75, 3.05) is 14.2 Å². The van der Waals surface area contributed by atoms with E-state index in [4.69, 9.17) is 4.74 Å². The predicted molar refractivity (Wildman–Crippen MR) is 44.0 cm³/mol. The molecule has 0 saturated carbocycles. The highest BCUT2D eigenvalue weighted by molar-refractivity contribution is 5.97. The minimum atomic E-state index is -1.28. The quantitative estimate of drug-likeness (QED) is 0.465. The van der Waals surface area contributed by atoms with Crippen molar-refractivity contribution < 1.29 is 23.8 Å². The van der Waals surface area contributed by atoms with Gasteiger partial charge in [0.1, 0.15) is 0 Å². The van der Waals surface area contributed by atoms with Crippen LogP contribution in [0.25, 0.3) is 0 Å². The van der Waals surface area contributed by atoms with E-state index in [1.54, 1.807) is 13.8 Å². The number of methoxy groups -OCH3 is 2. The summed E-state index contributed by atoms with van der Waals surface area (Å²) >= 11 is 0. The molecule has 0 N–H and O–H groups in total. The van der Waals surface area contributed by atoms with Crippen molar-refractivity contribution >= 4 is 11.9 Å². The molecule has 0 unspecified atom stereocenters. The summed E-state index contributed by atoms with van der Waals surface area (Å²) in [5.74, 6) is -1.50. The zero-order valence-electron chi connectivity index (χ0n) is 8.20. The molecule has 0 rings (SSSR count). The van der Waals surface area contributed by atoms with Gasteiger partial charge in [-0.2, -0.15) is 0 Å². The fourth-order valence-electron chi connectivity index (χ4n) is 0.694. The van der Waals surface area contributed by atoms with E-state index >= 15 is 0 Å². The van der Waals surface area contributed by atoms with Crippen LogP contribution in [-0.2, 0) is 23.8 Å². The molecule has 0 saturated heterocycles.